The molecule has 184 valence electrons. The summed E-state index contributed by atoms with van der Waals surface area (Å²) < 4.78 is 9.89. The molecule has 1 atom stereocenters. The molecule has 1 saturated heterocycles. The molecule has 0 aliphatic carbocycles. The van der Waals surface area contributed by atoms with E-state index in [1.54, 1.807) is 19.1 Å². The summed E-state index contributed by atoms with van der Waals surface area (Å²) in [5, 5.41) is 22.3. The predicted molar refractivity (Wildman–Crippen MR) is 129 cm³/mol. The smallest absolute Gasteiger partial charge is 0.350 e. The highest BCUT2D eigenvalue weighted by Crippen LogP contribution is 2.44. The number of aliphatic hydroxyl groups excluding tert-OH is 1. The molecule has 1 N–H and O–H groups in total. The zero-order chi connectivity index (χ0) is 26.1. The number of nitro benzene ring substituents is 1. The van der Waals surface area contributed by atoms with Crippen molar-refractivity contribution in [3.8, 4) is 5.75 Å². The number of amides is 1. The fraction of sp³-hybridized carbons (Fsp3) is 0.167. The number of aryl methyl sites for hydroxylation is 1. The summed E-state index contributed by atoms with van der Waals surface area (Å²) in [7, 11) is 2.69. The number of aliphatic hydroxyl groups is 1. The van der Waals surface area contributed by atoms with Crippen LogP contribution in [-0.2, 0) is 14.3 Å². The van der Waals surface area contributed by atoms with Gasteiger partial charge in [-0.2, -0.15) is 0 Å². The molecular weight excluding hydrogens is 490 g/mol. The molecule has 2 heterocycles. The van der Waals surface area contributed by atoms with E-state index in [1.165, 1.54) is 50.6 Å². The average molecular weight is 509 g/mol. The van der Waals surface area contributed by atoms with Crippen LogP contribution in [0.25, 0.3) is 5.76 Å². The number of thiazole rings is 1. The number of benzene rings is 2. The van der Waals surface area contributed by atoms with Gasteiger partial charge in [0.2, 0.25) is 0 Å². The number of rotatable bonds is 6. The Morgan fingerprint density at radius 1 is 1.11 bits per heavy atom. The van der Waals surface area contributed by atoms with Gasteiger partial charge in [0.15, 0.2) is 5.13 Å². The molecule has 0 unspecified atom stereocenters. The van der Waals surface area contributed by atoms with E-state index >= 15 is 0 Å². The number of nitrogens with zero attached hydrogens (tertiary/aromatic N) is 3. The molecule has 0 bridgehead atoms. The van der Waals surface area contributed by atoms with Crippen molar-refractivity contribution in [2.45, 2.75) is 13.0 Å². The first kappa shape index (κ1) is 24.5. The van der Waals surface area contributed by atoms with Gasteiger partial charge in [-0.25, -0.2) is 9.78 Å². The summed E-state index contributed by atoms with van der Waals surface area (Å²) >= 11 is 0.854. The highest BCUT2D eigenvalue weighted by Gasteiger charge is 2.48. The van der Waals surface area contributed by atoms with Gasteiger partial charge in [0.25, 0.3) is 11.5 Å². The average Bonchev–Trinajstić information content (AvgIpc) is 3.39. The minimum atomic E-state index is -1.16. The Labute approximate surface area is 208 Å². The summed E-state index contributed by atoms with van der Waals surface area (Å²) in [5.41, 5.74) is 0.449. The van der Waals surface area contributed by atoms with Gasteiger partial charge in [0.05, 0.1) is 36.5 Å². The van der Waals surface area contributed by atoms with Crippen LogP contribution in [0.2, 0.25) is 0 Å². The normalized spacial score (nSPS) is 16.8. The fourth-order valence-corrected chi connectivity index (χ4v) is 4.81. The second-order valence-electron chi connectivity index (χ2n) is 7.65. The number of non-ortho nitro benzene ring substituents is 1. The van der Waals surface area contributed by atoms with E-state index in [-0.39, 0.29) is 26.8 Å². The first-order chi connectivity index (χ1) is 17.2. The second-order valence-corrected chi connectivity index (χ2v) is 8.63. The topological polar surface area (TPSA) is 149 Å². The maximum absolute atomic E-state index is 13.2. The lowest BCUT2D eigenvalue weighted by Crippen LogP contribution is -2.29. The molecule has 1 aliphatic rings. The molecule has 0 spiro atoms. The standard InChI is InChI=1S/C24H19N3O8S/c1-12-21(23(31)35-3)36-24(25-12)26-18(13-4-8-15(9-5-13)27(32)33)17(20(29)22(26)30)19(28)14-6-10-16(34-2)11-7-14/h4-11,18,28H,1-3H3/t18-/m0/s1. The van der Waals surface area contributed by atoms with Crippen molar-refractivity contribution < 1.29 is 33.9 Å². The first-order valence-electron chi connectivity index (χ1n) is 10.4. The predicted octanol–water partition coefficient (Wildman–Crippen LogP) is 3.78. The van der Waals surface area contributed by atoms with Crippen molar-refractivity contribution in [2.24, 2.45) is 0 Å². The van der Waals surface area contributed by atoms with Gasteiger partial charge in [0, 0.05) is 17.7 Å². The van der Waals surface area contributed by atoms with Crippen LogP contribution < -0.4 is 9.64 Å². The van der Waals surface area contributed by atoms with Crippen molar-refractivity contribution in [3.05, 3.63) is 85.9 Å². The number of esters is 1. The van der Waals surface area contributed by atoms with E-state index in [2.05, 4.69) is 4.98 Å². The number of hydrogen-bond donors (Lipinski definition) is 1. The Morgan fingerprint density at radius 2 is 1.75 bits per heavy atom. The maximum atomic E-state index is 13.2. The maximum Gasteiger partial charge on any atom is 0.350 e. The Balaban J connectivity index is 1.92. The van der Waals surface area contributed by atoms with Crippen LogP contribution in [0, 0.1) is 17.0 Å². The molecule has 1 amide bonds. The lowest BCUT2D eigenvalue weighted by atomic mass is 9.95. The molecule has 36 heavy (non-hydrogen) atoms. The summed E-state index contributed by atoms with van der Waals surface area (Å²) in [6.07, 6.45) is 0. The quantitative estimate of drug-likeness (QED) is 0.131. The lowest BCUT2D eigenvalue weighted by molar-refractivity contribution is -0.384. The van der Waals surface area contributed by atoms with Crippen LogP contribution in [0.4, 0.5) is 10.8 Å². The molecule has 1 aromatic heterocycles. The van der Waals surface area contributed by atoms with E-state index < -0.39 is 34.4 Å². The van der Waals surface area contributed by atoms with Crippen LogP contribution in [0.1, 0.15) is 32.5 Å². The highest BCUT2D eigenvalue weighted by molar-refractivity contribution is 7.17. The number of methoxy groups -OCH3 is 2. The molecule has 12 heteroatoms. The van der Waals surface area contributed by atoms with E-state index in [4.69, 9.17) is 9.47 Å². The Kier molecular flexibility index (Phi) is 6.53. The summed E-state index contributed by atoms with van der Waals surface area (Å²) in [6.45, 7) is 1.56. The number of anilines is 1. The molecular formula is C24H19N3O8S. The molecule has 1 fully saturated rings. The Bertz CT molecular complexity index is 1410. The molecule has 0 saturated carbocycles. The third-order valence-corrected chi connectivity index (χ3v) is 6.73. The molecule has 2 aromatic carbocycles. The monoisotopic (exact) mass is 509 g/mol. The number of Topliss-reactive ketones (excluding diaryl/α,β-unsaturated/α-hetero) is 1. The summed E-state index contributed by atoms with van der Waals surface area (Å²) in [6, 6.07) is 10.3. The Hall–Kier alpha value is -4.58. The van der Waals surface area contributed by atoms with E-state index in [0.29, 0.717) is 17.0 Å². The van der Waals surface area contributed by atoms with E-state index in [0.717, 1.165) is 16.2 Å². The Morgan fingerprint density at radius 3 is 2.31 bits per heavy atom. The van der Waals surface area contributed by atoms with Crippen LogP contribution >= 0.6 is 11.3 Å². The van der Waals surface area contributed by atoms with E-state index in [9.17, 15) is 29.6 Å². The van der Waals surface area contributed by atoms with Crippen molar-refractivity contribution >= 4 is 45.6 Å². The van der Waals surface area contributed by atoms with Gasteiger partial charge in [0.1, 0.15) is 16.4 Å². The number of nitro groups is 1. The van der Waals surface area contributed by atoms with Gasteiger partial charge in [-0.05, 0) is 48.9 Å². The van der Waals surface area contributed by atoms with Gasteiger partial charge >= 0.3 is 11.9 Å². The summed E-state index contributed by atoms with van der Waals surface area (Å²) in [4.78, 5) is 54.6. The third-order valence-electron chi connectivity index (χ3n) is 5.59. The third kappa shape index (κ3) is 4.18. The van der Waals surface area contributed by atoms with Gasteiger partial charge < -0.3 is 14.6 Å². The van der Waals surface area contributed by atoms with Gasteiger partial charge in [-0.1, -0.05) is 11.3 Å². The van der Waals surface area contributed by atoms with Crippen molar-refractivity contribution in [1.29, 1.82) is 0 Å². The SMILES string of the molecule is COC(=O)c1sc(N2C(=O)C(=O)C(=C(O)c3ccc(OC)cc3)[C@@H]2c2ccc([N+](=O)[O-])cc2)nc1C. The molecule has 3 aromatic rings. The zero-order valence-electron chi connectivity index (χ0n) is 19.3. The van der Waals surface area contributed by atoms with Crippen molar-refractivity contribution in [1.82, 2.24) is 4.98 Å². The zero-order valence-corrected chi connectivity index (χ0v) is 20.1. The van der Waals surface area contributed by atoms with Crippen molar-refractivity contribution in [2.75, 3.05) is 19.1 Å². The number of ether oxygens (including phenoxy) is 2. The largest absolute Gasteiger partial charge is 0.507 e. The van der Waals surface area contributed by atoms with Crippen LogP contribution in [0.5, 0.6) is 5.75 Å². The number of ketones is 1. The second kappa shape index (κ2) is 9.58. The number of carbonyl (C=O) groups is 3. The molecule has 0 radical (unpaired) electrons. The van der Waals surface area contributed by atoms with Gasteiger partial charge in [-0.3, -0.25) is 24.6 Å². The summed E-state index contributed by atoms with van der Waals surface area (Å²) in [5.74, 6) is -2.52. The minimum absolute atomic E-state index is 0.0344. The number of aromatic nitrogens is 1. The lowest BCUT2D eigenvalue weighted by Gasteiger charge is -2.23. The first-order valence-corrected chi connectivity index (χ1v) is 11.2. The van der Waals surface area contributed by atoms with Crippen LogP contribution in [-0.4, -0.2) is 46.9 Å². The van der Waals surface area contributed by atoms with Crippen molar-refractivity contribution in [3.63, 3.8) is 0 Å². The van der Waals surface area contributed by atoms with E-state index in [1.807, 2.05) is 0 Å². The van der Waals surface area contributed by atoms with Gasteiger partial charge in [-0.15, -0.1) is 0 Å². The van der Waals surface area contributed by atoms with Crippen LogP contribution in [0.3, 0.4) is 0 Å². The fourth-order valence-electron chi connectivity index (χ4n) is 3.80. The highest BCUT2D eigenvalue weighted by atomic mass is 32.1. The number of hydrogen-bond acceptors (Lipinski definition) is 10. The molecule has 4 rings (SSSR count). The molecule has 1 aliphatic heterocycles. The number of carbonyl (C=O) groups excluding carboxylic acids is 3. The molecule has 11 nitrogen and oxygen atoms in total. The minimum Gasteiger partial charge on any atom is -0.507 e. The van der Waals surface area contributed by atoms with Crippen LogP contribution in [0.15, 0.2) is 54.1 Å².